The number of aromatic amines is 1. The number of nitrogens with one attached hydrogen (secondary N) is 2. The van der Waals surface area contributed by atoms with E-state index in [4.69, 9.17) is 4.42 Å². The number of nitrogens with zero attached hydrogens (tertiary/aromatic N) is 2. The van der Waals surface area contributed by atoms with Crippen molar-refractivity contribution >= 4 is 22.7 Å². The van der Waals surface area contributed by atoms with Crippen LogP contribution in [0.3, 0.4) is 0 Å². The molecule has 2 N–H and O–H groups in total. The molecule has 0 radical (unpaired) electrons. The number of amides is 1. The maximum absolute atomic E-state index is 12.0. The van der Waals surface area contributed by atoms with Crippen LogP contribution >= 0.6 is 0 Å². The number of aryl methyl sites for hydroxylation is 1. The average Bonchev–Trinajstić information content (AvgIpc) is 2.75. The Morgan fingerprint density at radius 1 is 1.29 bits per heavy atom. The molecule has 1 amide bonds. The van der Waals surface area contributed by atoms with Crippen LogP contribution in [0.15, 0.2) is 44.3 Å². The summed E-state index contributed by atoms with van der Waals surface area (Å²) < 4.78 is 6.34. The first-order chi connectivity index (χ1) is 10.0. The topological polar surface area (TPSA) is 110 Å². The Bertz CT molecular complexity index is 930. The van der Waals surface area contributed by atoms with Gasteiger partial charge in [0.05, 0.1) is 5.52 Å². The molecule has 0 fully saturated rings. The van der Waals surface area contributed by atoms with Crippen LogP contribution in [0.25, 0.3) is 11.1 Å². The number of carbonyl (C=O) groups is 1. The number of anilines is 1. The van der Waals surface area contributed by atoms with Crippen molar-refractivity contribution in [2.75, 3.05) is 5.32 Å². The van der Waals surface area contributed by atoms with Crippen LogP contribution < -0.4 is 16.6 Å². The van der Waals surface area contributed by atoms with E-state index in [0.717, 1.165) is 0 Å². The molecular weight excluding hydrogens is 276 g/mol. The van der Waals surface area contributed by atoms with Crippen LogP contribution in [0.5, 0.6) is 0 Å². The van der Waals surface area contributed by atoms with Gasteiger partial charge >= 0.3 is 5.76 Å². The number of hydrogen-bond donors (Lipinski definition) is 2. The molecule has 0 spiro atoms. The number of hydrogen-bond acceptors (Lipinski definition) is 5. The molecule has 2 heterocycles. The lowest BCUT2D eigenvalue weighted by Gasteiger charge is -2.04. The average molecular weight is 286 g/mol. The molecular formula is C13H10N4O4. The second-order valence-corrected chi connectivity index (χ2v) is 4.37. The number of rotatable bonds is 2. The third-order valence-corrected chi connectivity index (χ3v) is 2.96. The second kappa shape index (κ2) is 4.75. The number of fused-ring (bicyclic) bond motifs is 1. The first-order valence-electron chi connectivity index (χ1n) is 6.01. The monoisotopic (exact) mass is 286 g/mol. The Kier molecular flexibility index (Phi) is 2.90. The molecule has 0 bridgehead atoms. The van der Waals surface area contributed by atoms with E-state index in [1.807, 2.05) is 0 Å². The fourth-order valence-electron chi connectivity index (χ4n) is 1.87. The largest absolute Gasteiger partial charge is 0.419 e. The summed E-state index contributed by atoms with van der Waals surface area (Å²) in [4.78, 5) is 34.3. The van der Waals surface area contributed by atoms with Gasteiger partial charge in [0.15, 0.2) is 5.58 Å². The van der Waals surface area contributed by atoms with Crippen molar-refractivity contribution in [1.29, 1.82) is 0 Å². The Labute approximate surface area is 117 Å². The normalized spacial score (nSPS) is 10.7. The van der Waals surface area contributed by atoms with E-state index >= 15 is 0 Å². The minimum atomic E-state index is -0.476. The van der Waals surface area contributed by atoms with Gasteiger partial charge in [0.2, 0.25) is 0 Å². The molecule has 0 aliphatic heterocycles. The fourth-order valence-corrected chi connectivity index (χ4v) is 1.87. The number of benzene rings is 1. The Balaban J connectivity index is 1.92. The zero-order valence-corrected chi connectivity index (χ0v) is 10.9. The minimum Gasteiger partial charge on any atom is -0.408 e. The van der Waals surface area contributed by atoms with E-state index in [9.17, 15) is 14.4 Å². The molecule has 3 aromatic rings. The van der Waals surface area contributed by atoms with E-state index in [1.54, 1.807) is 25.2 Å². The van der Waals surface area contributed by atoms with Gasteiger partial charge in [-0.1, -0.05) is 0 Å². The maximum atomic E-state index is 12.0. The van der Waals surface area contributed by atoms with Crippen molar-refractivity contribution in [3.05, 3.63) is 56.9 Å². The van der Waals surface area contributed by atoms with Crippen molar-refractivity contribution in [2.24, 2.45) is 7.05 Å². The van der Waals surface area contributed by atoms with Gasteiger partial charge in [-0.25, -0.2) is 9.89 Å². The second-order valence-electron chi connectivity index (χ2n) is 4.37. The van der Waals surface area contributed by atoms with Crippen LogP contribution in [0.4, 0.5) is 5.69 Å². The van der Waals surface area contributed by atoms with Gasteiger partial charge in [0, 0.05) is 18.8 Å². The summed E-state index contributed by atoms with van der Waals surface area (Å²) in [7, 11) is 1.57. The molecule has 0 unspecified atom stereocenters. The fraction of sp³-hybridized carbons (Fsp3) is 0.0769. The Morgan fingerprint density at radius 2 is 2.10 bits per heavy atom. The van der Waals surface area contributed by atoms with Gasteiger partial charge in [-0.05, 0) is 24.3 Å². The van der Waals surface area contributed by atoms with Gasteiger partial charge in [0.25, 0.3) is 11.5 Å². The van der Waals surface area contributed by atoms with Crippen molar-refractivity contribution in [1.82, 2.24) is 14.8 Å². The van der Waals surface area contributed by atoms with Crippen molar-refractivity contribution < 1.29 is 9.21 Å². The maximum Gasteiger partial charge on any atom is 0.419 e. The third-order valence-electron chi connectivity index (χ3n) is 2.96. The van der Waals surface area contributed by atoms with E-state index in [2.05, 4.69) is 15.5 Å². The summed E-state index contributed by atoms with van der Waals surface area (Å²) in [6, 6.07) is 7.34. The van der Waals surface area contributed by atoms with Crippen LogP contribution in [0.2, 0.25) is 0 Å². The number of oxazole rings is 1. The SMILES string of the molecule is Cn1c(=O)oc2ccc(NC(=O)c3ccc(=O)[nH]n3)cc21. The zero-order chi connectivity index (χ0) is 15.0. The molecule has 1 aromatic carbocycles. The summed E-state index contributed by atoms with van der Waals surface area (Å²) in [5.41, 5.74) is 1.17. The predicted molar refractivity (Wildman–Crippen MR) is 74.3 cm³/mol. The van der Waals surface area contributed by atoms with Crippen LogP contribution in [0.1, 0.15) is 10.5 Å². The lowest BCUT2D eigenvalue weighted by Crippen LogP contribution is -2.17. The highest BCUT2D eigenvalue weighted by Crippen LogP contribution is 2.18. The molecule has 106 valence electrons. The summed E-state index contributed by atoms with van der Waals surface area (Å²) in [5.74, 6) is -0.949. The van der Waals surface area contributed by atoms with Crippen molar-refractivity contribution in [3.8, 4) is 0 Å². The van der Waals surface area contributed by atoms with Crippen LogP contribution in [-0.2, 0) is 7.05 Å². The first-order valence-corrected chi connectivity index (χ1v) is 6.01. The number of aromatic nitrogens is 3. The predicted octanol–water partition coefficient (Wildman–Crippen LogP) is 0.467. The van der Waals surface area contributed by atoms with Gasteiger partial charge in [-0.15, -0.1) is 0 Å². The molecule has 0 saturated heterocycles. The molecule has 2 aromatic heterocycles. The molecule has 0 saturated carbocycles. The molecule has 8 nitrogen and oxygen atoms in total. The first kappa shape index (κ1) is 12.9. The highest BCUT2D eigenvalue weighted by atomic mass is 16.4. The molecule has 8 heteroatoms. The lowest BCUT2D eigenvalue weighted by molar-refractivity contribution is 0.102. The third kappa shape index (κ3) is 2.34. The summed E-state index contributed by atoms with van der Waals surface area (Å²) >= 11 is 0. The lowest BCUT2D eigenvalue weighted by atomic mass is 10.2. The summed E-state index contributed by atoms with van der Waals surface area (Å²) in [5, 5.41) is 8.44. The molecule has 0 aliphatic rings. The van der Waals surface area contributed by atoms with Crippen LogP contribution in [-0.4, -0.2) is 20.7 Å². The highest BCUT2D eigenvalue weighted by Gasteiger charge is 2.10. The van der Waals surface area contributed by atoms with E-state index in [-0.39, 0.29) is 11.3 Å². The van der Waals surface area contributed by atoms with Crippen LogP contribution in [0, 0.1) is 0 Å². The summed E-state index contributed by atoms with van der Waals surface area (Å²) in [6.45, 7) is 0. The zero-order valence-electron chi connectivity index (χ0n) is 10.9. The Morgan fingerprint density at radius 3 is 2.81 bits per heavy atom. The summed E-state index contributed by atoms with van der Waals surface area (Å²) in [6.07, 6.45) is 0. The van der Waals surface area contributed by atoms with Gasteiger partial charge in [-0.2, -0.15) is 5.10 Å². The molecule has 21 heavy (non-hydrogen) atoms. The van der Waals surface area contributed by atoms with Gasteiger partial charge < -0.3 is 9.73 Å². The minimum absolute atomic E-state index is 0.0794. The van der Waals surface area contributed by atoms with Crippen molar-refractivity contribution in [2.45, 2.75) is 0 Å². The Hall–Kier alpha value is -3.16. The van der Waals surface area contributed by atoms with Crippen molar-refractivity contribution in [3.63, 3.8) is 0 Å². The standard InChI is InChI=1S/C13H10N4O4/c1-17-9-6-7(2-4-10(9)21-13(17)20)14-12(19)8-3-5-11(18)16-15-8/h2-6H,1H3,(H,14,19)(H,16,18). The van der Waals surface area contributed by atoms with E-state index < -0.39 is 11.7 Å². The number of carbonyl (C=O) groups excluding carboxylic acids is 1. The quantitative estimate of drug-likeness (QED) is 0.711. The van der Waals surface area contributed by atoms with Gasteiger partial charge in [-0.3, -0.25) is 14.2 Å². The highest BCUT2D eigenvalue weighted by molar-refractivity contribution is 6.03. The van der Waals surface area contributed by atoms with Gasteiger partial charge in [0.1, 0.15) is 5.69 Å². The van der Waals surface area contributed by atoms with E-state index in [0.29, 0.717) is 16.8 Å². The molecule has 0 atom stereocenters. The number of H-pyrrole nitrogens is 1. The smallest absolute Gasteiger partial charge is 0.408 e. The molecule has 3 rings (SSSR count). The molecule has 0 aliphatic carbocycles. The van der Waals surface area contributed by atoms with E-state index in [1.165, 1.54) is 16.7 Å².